The van der Waals surface area contributed by atoms with Gasteiger partial charge in [-0.3, -0.25) is 4.79 Å². The molecule has 2 rings (SSSR count). The number of carboxylic acids is 1. The largest absolute Gasteiger partial charge is 0.480 e. The highest BCUT2D eigenvalue weighted by molar-refractivity contribution is 7.99. The van der Waals surface area contributed by atoms with E-state index < -0.39 is 12.0 Å². The van der Waals surface area contributed by atoms with Gasteiger partial charge in [-0.25, -0.2) is 0 Å². The second-order valence-corrected chi connectivity index (χ2v) is 4.83. The van der Waals surface area contributed by atoms with Gasteiger partial charge >= 0.3 is 5.97 Å². The Balaban J connectivity index is 2.13. The van der Waals surface area contributed by atoms with Gasteiger partial charge in [0, 0.05) is 10.6 Å². The van der Waals surface area contributed by atoms with E-state index in [4.69, 9.17) is 10.8 Å². The van der Waals surface area contributed by atoms with E-state index in [1.807, 2.05) is 17.8 Å². The Kier molecular flexibility index (Phi) is 2.98. The van der Waals surface area contributed by atoms with Crippen LogP contribution in [-0.2, 0) is 17.6 Å². The quantitative estimate of drug-likeness (QED) is 0.810. The van der Waals surface area contributed by atoms with Crippen LogP contribution >= 0.6 is 11.8 Å². The minimum absolute atomic E-state index is 0.410. The Morgan fingerprint density at radius 1 is 1.60 bits per heavy atom. The third kappa shape index (κ3) is 2.33. The molecule has 3 nitrogen and oxygen atoms in total. The second kappa shape index (κ2) is 4.24. The first kappa shape index (κ1) is 10.5. The van der Waals surface area contributed by atoms with E-state index in [0.717, 1.165) is 17.7 Å². The summed E-state index contributed by atoms with van der Waals surface area (Å²) < 4.78 is 0. The first-order valence-corrected chi connectivity index (χ1v) is 5.88. The van der Waals surface area contributed by atoms with Crippen LogP contribution in [0.25, 0.3) is 0 Å². The molecule has 1 aromatic carbocycles. The Hall–Kier alpha value is -1.00. The molecule has 15 heavy (non-hydrogen) atoms. The lowest BCUT2D eigenvalue weighted by Crippen LogP contribution is -2.32. The normalized spacial score (nSPS) is 16.1. The van der Waals surface area contributed by atoms with Gasteiger partial charge in [0.05, 0.1) is 0 Å². The number of fused-ring (bicyclic) bond motifs is 1. The molecule has 1 aliphatic heterocycles. The van der Waals surface area contributed by atoms with Crippen molar-refractivity contribution in [3.63, 3.8) is 0 Å². The zero-order valence-corrected chi connectivity index (χ0v) is 9.09. The van der Waals surface area contributed by atoms with E-state index in [9.17, 15) is 4.79 Å². The number of thioether (sulfide) groups is 1. The highest BCUT2D eigenvalue weighted by Gasteiger charge is 2.15. The predicted octanol–water partition coefficient (Wildman–Crippen LogP) is 1.29. The molecular weight excluding hydrogens is 210 g/mol. The summed E-state index contributed by atoms with van der Waals surface area (Å²) in [7, 11) is 0. The van der Waals surface area contributed by atoms with Crippen LogP contribution < -0.4 is 5.73 Å². The molecule has 0 saturated heterocycles. The molecule has 1 atom stereocenters. The Bertz CT molecular complexity index is 392. The second-order valence-electron chi connectivity index (χ2n) is 3.69. The minimum atomic E-state index is -0.940. The Morgan fingerprint density at radius 2 is 2.40 bits per heavy atom. The van der Waals surface area contributed by atoms with Crippen LogP contribution in [0.2, 0.25) is 0 Å². The monoisotopic (exact) mass is 223 g/mol. The average molecular weight is 223 g/mol. The van der Waals surface area contributed by atoms with Gasteiger partial charge in [-0.15, -0.1) is 11.8 Å². The first-order valence-electron chi connectivity index (χ1n) is 4.90. The number of nitrogens with two attached hydrogens (primary N) is 1. The van der Waals surface area contributed by atoms with E-state index in [1.54, 1.807) is 0 Å². The van der Waals surface area contributed by atoms with Gasteiger partial charge in [-0.1, -0.05) is 12.1 Å². The fourth-order valence-electron chi connectivity index (χ4n) is 1.71. The van der Waals surface area contributed by atoms with Crippen molar-refractivity contribution < 1.29 is 9.90 Å². The summed E-state index contributed by atoms with van der Waals surface area (Å²) in [6.07, 6.45) is 1.49. The van der Waals surface area contributed by atoms with Crippen LogP contribution in [0.4, 0.5) is 0 Å². The summed E-state index contributed by atoms with van der Waals surface area (Å²) in [4.78, 5) is 11.9. The van der Waals surface area contributed by atoms with Crippen LogP contribution in [0, 0.1) is 0 Å². The highest BCUT2D eigenvalue weighted by atomic mass is 32.2. The molecule has 3 N–H and O–H groups in total. The summed E-state index contributed by atoms with van der Waals surface area (Å²) in [5.74, 6) is 0.189. The number of hydrogen-bond acceptors (Lipinski definition) is 3. The van der Waals surface area contributed by atoms with Crippen molar-refractivity contribution in [2.24, 2.45) is 5.73 Å². The van der Waals surface area contributed by atoms with E-state index in [1.165, 1.54) is 10.5 Å². The molecular formula is C11H13NO2S. The zero-order valence-electron chi connectivity index (χ0n) is 8.27. The lowest BCUT2D eigenvalue weighted by Gasteiger charge is -2.07. The lowest BCUT2D eigenvalue weighted by molar-refractivity contribution is -0.138. The number of aliphatic carboxylic acids is 1. The fraction of sp³-hybridized carbons (Fsp3) is 0.364. The molecule has 0 aliphatic carbocycles. The standard InChI is InChI=1S/C11H13NO2S/c12-9(11(13)14)6-7-1-2-10-8(5-7)3-4-15-10/h1-2,5,9H,3-4,6,12H2,(H,13,14). The van der Waals surface area contributed by atoms with Crippen LogP contribution in [-0.4, -0.2) is 22.9 Å². The molecule has 80 valence electrons. The smallest absolute Gasteiger partial charge is 0.320 e. The minimum Gasteiger partial charge on any atom is -0.480 e. The topological polar surface area (TPSA) is 63.3 Å². The summed E-state index contributed by atoms with van der Waals surface area (Å²) in [5.41, 5.74) is 7.84. The maximum Gasteiger partial charge on any atom is 0.320 e. The van der Waals surface area contributed by atoms with Crippen molar-refractivity contribution in [1.29, 1.82) is 0 Å². The number of carbonyl (C=O) groups is 1. The molecule has 0 spiro atoms. The van der Waals surface area contributed by atoms with Crippen LogP contribution in [0.5, 0.6) is 0 Å². The summed E-state index contributed by atoms with van der Waals surface area (Å²) in [6, 6.07) is 5.33. The molecule has 4 heteroatoms. The van der Waals surface area contributed by atoms with E-state index in [-0.39, 0.29) is 0 Å². The van der Waals surface area contributed by atoms with E-state index in [0.29, 0.717) is 6.42 Å². The van der Waals surface area contributed by atoms with Gasteiger partial charge in [-0.05, 0) is 30.0 Å². The number of aryl methyl sites for hydroxylation is 1. The van der Waals surface area contributed by atoms with Gasteiger partial charge < -0.3 is 10.8 Å². The summed E-state index contributed by atoms with van der Waals surface area (Å²) in [5, 5.41) is 8.71. The van der Waals surface area contributed by atoms with Gasteiger partial charge in [-0.2, -0.15) is 0 Å². The number of hydrogen-bond donors (Lipinski definition) is 2. The SMILES string of the molecule is NC(Cc1ccc2c(c1)CCS2)C(=O)O. The first-order chi connectivity index (χ1) is 7.16. The molecule has 1 aromatic rings. The Morgan fingerprint density at radius 3 is 3.13 bits per heavy atom. The molecule has 0 saturated carbocycles. The number of carboxylic acid groups (broad SMARTS) is 1. The van der Waals surface area contributed by atoms with Crippen molar-refractivity contribution in [2.45, 2.75) is 23.8 Å². The number of rotatable bonds is 3. The maximum atomic E-state index is 10.6. The molecule has 0 aromatic heterocycles. The van der Waals surface area contributed by atoms with Gasteiger partial charge in [0.1, 0.15) is 6.04 Å². The van der Waals surface area contributed by atoms with Gasteiger partial charge in [0.2, 0.25) is 0 Å². The van der Waals surface area contributed by atoms with Crippen LogP contribution in [0.1, 0.15) is 11.1 Å². The fourth-order valence-corrected chi connectivity index (χ4v) is 2.76. The lowest BCUT2D eigenvalue weighted by atomic mass is 10.0. The molecule has 1 unspecified atom stereocenters. The average Bonchev–Trinajstić information content (AvgIpc) is 2.64. The Labute approximate surface area is 92.7 Å². The van der Waals surface area contributed by atoms with Crippen molar-refractivity contribution in [2.75, 3.05) is 5.75 Å². The molecule has 0 bridgehead atoms. The summed E-state index contributed by atoms with van der Waals surface area (Å²) >= 11 is 1.85. The van der Waals surface area contributed by atoms with Crippen molar-refractivity contribution >= 4 is 17.7 Å². The van der Waals surface area contributed by atoms with Crippen molar-refractivity contribution in [1.82, 2.24) is 0 Å². The van der Waals surface area contributed by atoms with Gasteiger partial charge in [0.15, 0.2) is 0 Å². The maximum absolute atomic E-state index is 10.6. The molecule has 0 amide bonds. The third-order valence-corrected chi connectivity index (χ3v) is 3.64. The van der Waals surface area contributed by atoms with Gasteiger partial charge in [0.25, 0.3) is 0 Å². The molecule has 0 fully saturated rings. The summed E-state index contributed by atoms with van der Waals surface area (Å²) in [6.45, 7) is 0. The third-order valence-electron chi connectivity index (χ3n) is 2.53. The van der Waals surface area contributed by atoms with Crippen LogP contribution in [0.3, 0.4) is 0 Å². The van der Waals surface area contributed by atoms with E-state index >= 15 is 0 Å². The highest BCUT2D eigenvalue weighted by Crippen LogP contribution is 2.31. The molecule has 0 radical (unpaired) electrons. The molecule has 1 aliphatic rings. The predicted molar refractivity (Wildman–Crippen MR) is 60.2 cm³/mol. The van der Waals surface area contributed by atoms with Crippen molar-refractivity contribution in [3.8, 4) is 0 Å². The van der Waals surface area contributed by atoms with Crippen molar-refractivity contribution in [3.05, 3.63) is 29.3 Å². The molecule has 1 heterocycles. The number of benzene rings is 1. The van der Waals surface area contributed by atoms with Crippen LogP contribution in [0.15, 0.2) is 23.1 Å². The van der Waals surface area contributed by atoms with E-state index in [2.05, 4.69) is 12.1 Å². The zero-order chi connectivity index (χ0) is 10.8.